The Morgan fingerprint density at radius 1 is 0.500 bits per heavy atom. The van der Waals surface area contributed by atoms with Crippen molar-refractivity contribution in [2.24, 2.45) is 0 Å². The predicted molar refractivity (Wildman–Crippen MR) is 169 cm³/mol. The number of hydrogen-bond acceptors (Lipinski definition) is 1. The van der Waals surface area contributed by atoms with Gasteiger partial charge in [0.05, 0.1) is 11.0 Å². The first-order chi connectivity index (χ1) is 20.8. The molecule has 2 aliphatic heterocycles. The maximum atomic E-state index is 6.15. The van der Waals surface area contributed by atoms with Crippen LogP contribution in [0, 0.1) is 0 Å². The van der Waals surface area contributed by atoms with Crippen molar-refractivity contribution in [3.8, 4) is 22.3 Å². The van der Waals surface area contributed by atoms with Gasteiger partial charge in [0.2, 0.25) is 6.17 Å². The first-order valence-corrected chi connectivity index (χ1v) is 14.7. The fourth-order valence-corrected chi connectivity index (χ4v) is 7.57. The van der Waals surface area contributed by atoms with Gasteiger partial charge in [-0.15, -0.1) is 0 Å². The molecule has 0 amide bonds. The van der Waals surface area contributed by atoms with Gasteiger partial charge in [0.15, 0.2) is 17.4 Å². The zero-order valence-corrected chi connectivity index (χ0v) is 22.8. The van der Waals surface area contributed by atoms with E-state index in [1.165, 1.54) is 66.4 Å². The number of quaternary nitrogens is 2. The fraction of sp³-hybridized carbons (Fsp3) is 0.0526. The molecule has 0 bridgehead atoms. The molecule has 0 fully saturated rings. The van der Waals surface area contributed by atoms with Crippen molar-refractivity contribution < 1.29 is 15.1 Å². The Hall–Kier alpha value is -5.16. The summed E-state index contributed by atoms with van der Waals surface area (Å²) in [5, 5.41) is 9.99. The highest BCUT2D eigenvalue weighted by atomic mass is 16.3. The first kappa shape index (κ1) is 22.5. The lowest BCUT2D eigenvalue weighted by molar-refractivity contribution is -0.752. The lowest BCUT2D eigenvalue weighted by Gasteiger charge is -2.26. The minimum Gasteiger partial charge on any atom is -0.456 e. The Bertz CT molecular complexity index is 2380. The maximum Gasteiger partial charge on any atom is 0.228 e. The van der Waals surface area contributed by atoms with Gasteiger partial charge in [0.1, 0.15) is 11.2 Å². The Balaban J connectivity index is 1.17. The van der Waals surface area contributed by atoms with Crippen LogP contribution in [0.2, 0.25) is 0 Å². The van der Waals surface area contributed by atoms with Gasteiger partial charge < -0.3 is 4.42 Å². The van der Waals surface area contributed by atoms with E-state index in [0.29, 0.717) is 0 Å². The summed E-state index contributed by atoms with van der Waals surface area (Å²) in [5.74, 6) is 0. The van der Waals surface area contributed by atoms with Crippen LogP contribution in [0.5, 0.6) is 0 Å². The molecule has 0 aliphatic carbocycles. The average Bonchev–Trinajstić information content (AvgIpc) is 3.70. The highest BCUT2D eigenvalue weighted by Crippen LogP contribution is 2.46. The molecular formula is C38H27N3O+2. The zero-order valence-electron chi connectivity index (χ0n) is 22.8. The quantitative estimate of drug-likeness (QED) is 0.217. The molecule has 4 N–H and O–H groups in total. The van der Waals surface area contributed by atoms with Crippen molar-refractivity contribution in [1.82, 2.24) is 4.57 Å². The molecule has 2 atom stereocenters. The SMILES string of the molecule is c1ccc(-c2ccc3c(c2)[NH2+]C2c4cc(-c5ccc6oc7ccccc7c6c5)cc5c6ccccc6n(c45)C2[NH2+]3)cc1. The molecule has 2 aromatic heterocycles. The summed E-state index contributed by atoms with van der Waals surface area (Å²) in [6.45, 7) is 0. The number of nitrogens with zero attached hydrogens (tertiary/aromatic N) is 1. The topological polar surface area (TPSA) is 51.3 Å². The Morgan fingerprint density at radius 3 is 2.17 bits per heavy atom. The van der Waals surface area contributed by atoms with E-state index in [1.54, 1.807) is 0 Å². The third-order valence-corrected chi connectivity index (χ3v) is 9.47. The minimum absolute atomic E-state index is 0.257. The number of hydrogen-bond donors (Lipinski definition) is 2. The van der Waals surface area contributed by atoms with E-state index in [1.807, 2.05) is 12.1 Å². The standard InChI is InChI=1S/C38H25N3O/c1-2-8-22(9-3-1)24-14-16-31-32(21-24)39-36-30-20-25(23-15-17-35-28(18-23)27-11-5-7-13-34(27)42-35)19-29-26-10-4-6-12-33(26)41(37(29)30)38(36)40-31/h1-21,36,38-40H/p+2. The minimum atomic E-state index is 0.257. The Kier molecular flexibility index (Phi) is 4.40. The molecule has 0 radical (unpaired) electrons. The van der Waals surface area contributed by atoms with E-state index in [-0.39, 0.29) is 12.2 Å². The summed E-state index contributed by atoms with van der Waals surface area (Å²) >= 11 is 0. The van der Waals surface area contributed by atoms with Crippen LogP contribution in [0.1, 0.15) is 17.8 Å². The van der Waals surface area contributed by atoms with Crippen LogP contribution in [0.25, 0.3) is 66.0 Å². The zero-order chi connectivity index (χ0) is 27.4. The van der Waals surface area contributed by atoms with Crippen LogP contribution in [0.15, 0.2) is 132 Å². The van der Waals surface area contributed by atoms with Crippen LogP contribution >= 0.6 is 0 Å². The number of furan rings is 1. The normalized spacial score (nSPS) is 17.3. The third-order valence-electron chi connectivity index (χ3n) is 9.47. The van der Waals surface area contributed by atoms with Crippen molar-refractivity contribution in [3.05, 3.63) is 133 Å². The van der Waals surface area contributed by atoms with E-state index in [9.17, 15) is 0 Å². The number of benzene rings is 6. The summed E-state index contributed by atoms with van der Waals surface area (Å²) in [5.41, 5.74) is 13.6. The number of aromatic nitrogens is 1. The summed E-state index contributed by atoms with van der Waals surface area (Å²) in [7, 11) is 0. The number of nitrogens with two attached hydrogens (primary N) is 2. The largest absolute Gasteiger partial charge is 0.456 e. The van der Waals surface area contributed by atoms with Crippen molar-refractivity contribution in [2.75, 3.05) is 0 Å². The highest BCUT2D eigenvalue weighted by molar-refractivity contribution is 6.12. The molecule has 10 rings (SSSR count). The summed E-state index contributed by atoms with van der Waals surface area (Å²) < 4.78 is 8.73. The number of para-hydroxylation sites is 2. The summed E-state index contributed by atoms with van der Waals surface area (Å²) in [6.07, 6.45) is 0.257. The van der Waals surface area contributed by atoms with Crippen molar-refractivity contribution in [2.45, 2.75) is 12.2 Å². The lowest BCUT2D eigenvalue weighted by atomic mass is 9.94. The van der Waals surface area contributed by atoms with Gasteiger partial charge in [-0.2, -0.15) is 0 Å². The number of fused-ring (bicyclic) bond motifs is 10. The maximum absolute atomic E-state index is 6.15. The van der Waals surface area contributed by atoms with Gasteiger partial charge in [-0.3, -0.25) is 15.2 Å². The van der Waals surface area contributed by atoms with E-state index in [4.69, 9.17) is 4.42 Å². The molecular weight excluding hydrogens is 514 g/mol. The van der Waals surface area contributed by atoms with Crippen molar-refractivity contribution >= 4 is 55.1 Å². The van der Waals surface area contributed by atoms with Crippen LogP contribution in [-0.4, -0.2) is 4.57 Å². The molecule has 198 valence electrons. The molecule has 4 heterocycles. The van der Waals surface area contributed by atoms with Gasteiger partial charge in [-0.05, 0) is 64.7 Å². The highest BCUT2D eigenvalue weighted by Gasteiger charge is 2.46. The second-order valence-electron chi connectivity index (χ2n) is 11.7. The van der Waals surface area contributed by atoms with Gasteiger partial charge in [-0.1, -0.05) is 72.8 Å². The van der Waals surface area contributed by atoms with E-state index < -0.39 is 0 Å². The molecule has 0 saturated heterocycles. The van der Waals surface area contributed by atoms with E-state index in [2.05, 4.69) is 130 Å². The van der Waals surface area contributed by atoms with Gasteiger partial charge in [-0.25, -0.2) is 0 Å². The third kappa shape index (κ3) is 3.03. The second kappa shape index (κ2) is 8.20. The van der Waals surface area contributed by atoms with Crippen LogP contribution < -0.4 is 10.6 Å². The Morgan fingerprint density at radius 2 is 1.24 bits per heavy atom. The molecule has 2 unspecified atom stereocenters. The lowest BCUT2D eigenvalue weighted by Crippen LogP contribution is -2.96. The van der Waals surface area contributed by atoms with Gasteiger partial charge in [0.25, 0.3) is 0 Å². The number of rotatable bonds is 2. The molecule has 8 aromatic rings. The molecule has 0 spiro atoms. The van der Waals surface area contributed by atoms with Crippen LogP contribution in [0.3, 0.4) is 0 Å². The molecule has 2 aliphatic rings. The van der Waals surface area contributed by atoms with E-state index in [0.717, 1.165) is 16.6 Å². The van der Waals surface area contributed by atoms with E-state index >= 15 is 0 Å². The monoisotopic (exact) mass is 541 g/mol. The van der Waals surface area contributed by atoms with Gasteiger partial charge >= 0.3 is 0 Å². The molecule has 42 heavy (non-hydrogen) atoms. The summed E-state index contributed by atoms with van der Waals surface area (Å²) in [4.78, 5) is 0. The smallest absolute Gasteiger partial charge is 0.228 e. The van der Waals surface area contributed by atoms with Gasteiger partial charge in [0, 0.05) is 39.2 Å². The summed E-state index contributed by atoms with van der Waals surface area (Å²) in [6, 6.07) is 46.6. The molecule has 0 saturated carbocycles. The van der Waals surface area contributed by atoms with Crippen LogP contribution in [-0.2, 0) is 0 Å². The Labute approximate surface area is 241 Å². The fourth-order valence-electron chi connectivity index (χ4n) is 7.57. The predicted octanol–water partition coefficient (Wildman–Crippen LogP) is 7.68. The van der Waals surface area contributed by atoms with Crippen LogP contribution in [0.4, 0.5) is 11.4 Å². The second-order valence-corrected chi connectivity index (χ2v) is 11.7. The molecule has 6 aromatic carbocycles. The molecule has 4 heteroatoms. The van der Waals surface area contributed by atoms with Crippen molar-refractivity contribution in [1.29, 1.82) is 0 Å². The first-order valence-electron chi connectivity index (χ1n) is 14.7. The average molecular weight is 542 g/mol. The molecule has 4 nitrogen and oxygen atoms in total. The van der Waals surface area contributed by atoms with Crippen molar-refractivity contribution in [3.63, 3.8) is 0 Å².